The van der Waals surface area contributed by atoms with Crippen LogP contribution in [0.4, 0.5) is 0 Å². The third-order valence-electron chi connectivity index (χ3n) is 7.38. The van der Waals surface area contributed by atoms with Gasteiger partial charge < -0.3 is 10.1 Å². The van der Waals surface area contributed by atoms with Gasteiger partial charge in [0.2, 0.25) is 11.8 Å². The number of hydrogen-bond donors (Lipinski definition) is 3. The number of benzene rings is 3. The summed E-state index contributed by atoms with van der Waals surface area (Å²) in [6.07, 6.45) is 1.00. The number of carbonyl (C=O) groups excluding carboxylic acids is 2. The number of rotatable bonds is 6. The number of pyridine rings is 1. The van der Waals surface area contributed by atoms with Crippen molar-refractivity contribution in [1.29, 1.82) is 0 Å². The Balaban J connectivity index is 1.18. The molecule has 3 aromatic carbocycles. The molecule has 3 atom stereocenters. The van der Waals surface area contributed by atoms with E-state index in [0.717, 1.165) is 39.0 Å². The van der Waals surface area contributed by atoms with Crippen molar-refractivity contribution in [2.45, 2.75) is 25.5 Å². The average Bonchev–Trinajstić information content (AvgIpc) is 3.57. The molecule has 36 heavy (non-hydrogen) atoms. The smallest absolute Gasteiger partial charge is 0.247 e. The van der Waals surface area contributed by atoms with Crippen LogP contribution in [0.5, 0.6) is 5.75 Å². The minimum Gasteiger partial charge on any atom is -0.489 e. The number of fused-ring (bicyclic) bond motifs is 1. The van der Waals surface area contributed by atoms with Crippen molar-refractivity contribution in [2.24, 2.45) is 11.3 Å². The highest BCUT2D eigenvalue weighted by atomic mass is 16.5. The summed E-state index contributed by atoms with van der Waals surface area (Å²) in [4.78, 5) is 29.1. The molecule has 1 saturated heterocycles. The van der Waals surface area contributed by atoms with Crippen LogP contribution in [0.2, 0.25) is 0 Å². The van der Waals surface area contributed by atoms with Gasteiger partial charge in [0, 0.05) is 16.5 Å². The fraction of sp³-hybridized carbons (Fsp3) is 0.207. The second-order valence-electron chi connectivity index (χ2n) is 9.53. The molecule has 1 unspecified atom stereocenters. The summed E-state index contributed by atoms with van der Waals surface area (Å²) in [5.41, 5.74) is 5.87. The van der Waals surface area contributed by atoms with Gasteiger partial charge >= 0.3 is 0 Å². The Morgan fingerprint density at radius 3 is 2.56 bits per heavy atom. The molecule has 1 aliphatic heterocycles. The first kappa shape index (κ1) is 22.2. The topological polar surface area (TPSA) is 101 Å². The van der Waals surface area contributed by atoms with Crippen LogP contribution in [0, 0.1) is 11.3 Å². The summed E-state index contributed by atoms with van der Waals surface area (Å²) < 4.78 is 6.15. The lowest BCUT2D eigenvalue weighted by atomic mass is 9.95. The highest BCUT2D eigenvalue weighted by molar-refractivity contribution is 5.97. The molecule has 1 saturated carbocycles. The molecule has 1 aliphatic carbocycles. The quantitative estimate of drug-likeness (QED) is 0.278. The van der Waals surface area contributed by atoms with Gasteiger partial charge in [0.15, 0.2) is 0 Å². The van der Waals surface area contributed by atoms with Crippen LogP contribution < -0.4 is 15.5 Å². The second kappa shape index (κ2) is 8.77. The standard InChI is InChI=1S/C29H25N3O4/c33-27(32-35)23-15-29(23)16-26(31-28(29)34)19-10-12-21(13-11-19)36-17-20-14-25(18-6-2-1-3-7-18)30-24-9-5-4-8-22(20)24/h1-14,23,26,35H,15-17H2,(H,31,34)(H,32,33)/t23-,26?,29-/m0/s1. The molecule has 7 nitrogen and oxygen atoms in total. The molecule has 7 heteroatoms. The molecule has 2 heterocycles. The largest absolute Gasteiger partial charge is 0.489 e. The van der Waals surface area contributed by atoms with Crippen LogP contribution in [0.15, 0.2) is 84.9 Å². The van der Waals surface area contributed by atoms with E-state index >= 15 is 0 Å². The summed E-state index contributed by atoms with van der Waals surface area (Å²) in [7, 11) is 0. The Morgan fingerprint density at radius 1 is 1.03 bits per heavy atom. The molecule has 6 rings (SSSR count). The monoisotopic (exact) mass is 479 g/mol. The zero-order chi connectivity index (χ0) is 24.7. The van der Waals surface area contributed by atoms with Gasteiger partial charge in [0.1, 0.15) is 12.4 Å². The lowest BCUT2D eigenvalue weighted by molar-refractivity contribution is -0.134. The molecule has 1 spiro atoms. The Bertz CT molecular complexity index is 1450. The van der Waals surface area contributed by atoms with Crippen molar-refractivity contribution < 1.29 is 19.5 Å². The van der Waals surface area contributed by atoms with Crippen LogP contribution in [-0.2, 0) is 16.2 Å². The average molecular weight is 480 g/mol. The van der Waals surface area contributed by atoms with Gasteiger partial charge in [-0.3, -0.25) is 14.8 Å². The van der Waals surface area contributed by atoms with Gasteiger partial charge in [-0.1, -0.05) is 60.7 Å². The molecule has 2 aliphatic rings. The summed E-state index contributed by atoms with van der Waals surface area (Å²) in [5, 5.41) is 13.0. The van der Waals surface area contributed by atoms with Gasteiger partial charge in [-0.15, -0.1) is 0 Å². The van der Waals surface area contributed by atoms with E-state index in [0.29, 0.717) is 19.4 Å². The highest BCUT2D eigenvalue weighted by Gasteiger charge is 2.67. The van der Waals surface area contributed by atoms with E-state index in [1.54, 1.807) is 5.48 Å². The molecule has 2 fully saturated rings. The van der Waals surface area contributed by atoms with E-state index in [-0.39, 0.29) is 11.9 Å². The molecule has 0 bridgehead atoms. The van der Waals surface area contributed by atoms with E-state index in [1.165, 1.54) is 0 Å². The van der Waals surface area contributed by atoms with Crippen molar-refractivity contribution in [2.75, 3.05) is 0 Å². The molecule has 2 amide bonds. The summed E-state index contributed by atoms with van der Waals surface area (Å²) in [6, 6.07) is 27.8. The van der Waals surface area contributed by atoms with Crippen molar-refractivity contribution in [3.8, 4) is 17.0 Å². The first-order valence-corrected chi connectivity index (χ1v) is 12.0. The summed E-state index contributed by atoms with van der Waals surface area (Å²) >= 11 is 0. The number of nitrogens with one attached hydrogen (secondary N) is 2. The Labute approximate surface area is 208 Å². The number of carbonyl (C=O) groups is 2. The van der Waals surface area contributed by atoms with Gasteiger partial charge in [-0.05, 0) is 42.7 Å². The third kappa shape index (κ3) is 3.87. The third-order valence-corrected chi connectivity index (χ3v) is 7.38. The van der Waals surface area contributed by atoms with Crippen molar-refractivity contribution in [3.63, 3.8) is 0 Å². The van der Waals surface area contributed by atoms with Gasteiger partial charge in [-0.25, -0.2) is 10.5 Å². The zero-order valence-corrected chi connectivity index (χ0v) is 19.5. The molecule has 1 aromatic heterocycles. The fourth-order valence-electron chi connectivity index (χ4n) is 5.30. The van der Waals surface area contributed by atoms with Crippen LogP contribution >= 0.6 is 0 Å². The Kier molecular flexibility index (Phi) is 5.42. The van der Waals surface area contributed by atoms with Crippen LogP contribution in [0.3, 0.4) is 0 Å². The normalized spacial score (nSPS) is 22.4. The number of para-hydroxylation sites is 1. The van der Waals surface area contributed by atoms with Crippen molar-refractivity contribution >= 4 is 22.7 Å². The number of ether oxygens (including phenoxy) is 1. The SMILES string of the molecule is O=C(NO)[C@@H]1C[C@]12CC(c1ccc(OCc3cc(-c4ccccc4)nc4ccccc34)cc1)NC2=O. The van der Waals surface area contributed by atoms with Gasteiger partial charge in [0.25, 0.3) is 0 Å². The van der Waals surface area contributed by atoms with Crippen molar-refractivity contribution in [1.82, 2.24) is 15.8 Å². The molecular formula is C29H25N3O4. The van der Waals surface area contributed by atoms with E-state index in [4.69, 9.17) is 14.9 Å². The predicted molar refractivity (Wildman–Crippen MR) is 134 cm³/mol. The maximum Gasteiger partial charge on any atom is 0.247 e. The molecule has 0 radical (unpaired) electrons. The first-order valence-electron chi connectivity index (χ1n) is 12.0. The maximum atomic E-state index is 12.5. The fourth-order valence-corrected chi connectivity index (χ4v) is 5.30. The number of aromatic nitrogens is 1. The minimum atomic E-state index is -0.703. The maximum absolute atomic E-state index is 12.5. The minimum absolute atomic E-state index is 0.125. The second-order valence-corrected chi connectivity index (χ2v) is 9.53. The van der Waals surface area contributed by atoms with Crippen LogP contribution in [-0.4, -0.2) is 22.0 Å². The number of hydrogen-bond acceptors (Lipinski definition) is 5. The molecule has 180 valence electrons. The van der Waals surface area contributed by atoms with E-state index in [9.17, 15) is 9.59 Å². The number of hydroxylamine groups is 1. The summed E-state index contributed by atoms with van der Waals surface area (Å²) in [5.74, 6) is -0.358. The summed E-state index contributed by atoms with van der Waals surface area (Å²) in [6.45, 7) is 0.392. The van der Waals surface area contributed by atoms with E-state index in [2.05, 4.69) is 17.4 Å². The van der Waals surface area contributed by atoms with Gasteiger partial charge in [0.05, 0.1) is 28.6 Å². The number of amides is 2. The lowest BCUT2D eigenvalue weighted by Gasteiger charge is -2.13. The zero-order valence-electron chi connectivity index (χ0n) is 19.5. The van der Waals surface area contributed by atoms with E-state index < -0.39 is 17.2 Å². The highest BCUT2D eigenvalue weighted by Crippen LogP contribution is 2.60. The van der Waals surface area contributed by atoms with E-state index in [1.807, 2.05) is 72.8 Å². The van der Waals surface area contributed by atoms with Crippen LogP contribution in [0.25, 0.3) is 22.2 Å². The van der Waals surface area contributed by atoms with Crippen molar-refractivity contribution in [3.05, 3.63) is 96.1 Å². The Hall–Kier alpha value is -4.23. The lowest BCUT2D eigenvalue weighted by Crippen LogP contribution is -2.28. The molecule has 4 aromatic rings. The van der Waals surface area contributed by atoms with Crippen LogP contribution in [0.1, 0.15) is 30.0 Å². The number of nitrogens with zero attached hydrogens (tertiary/aromatic N) is 1. The first-order chi connectivity index (χ1) is 17.6. The Morgan fingerprint density at radius 2 is 1.78 bits per heavy atom. The van der Waals surface area contributed by atoms with Gasteiger partial charge in [-0.2, -0.15) is 0 Å². The molecule has 3 N–H and O–H groups in total. The predicted octanol–water partition coefficient (Wildman–Crippen LogP) is 4.55. The molecular weight excluding hydrogens is 454 g/mol.